The minimum absolute atomic E-state index is 0.114. The fourth-order valence-electron chi connectivity index (χ4n) is 1.15. The molecule has 0 aliphatic carbocycles. The van der Waals surface area contributed by atoms with Crippen LogP contribution in [0.15, 0.2) is 4.99 Å². The summed E-state index contributed by atoms with van der Waals surface area (Å²) >= 11 is 0. The molecule has 0 spiro atoms. The number of urea groups is 1. The summed E-state index contributed by atoms with van der Waals surface area (Å²) in [5, 5.41) is 21.3. The highest BCUT2D eigenvalue weighted by molar-refractivity contribution is 6.19. The van der Waals surface area contributed by atoms with E-state index in [1.807, 2.05) is 0 Å². The van der Waals surface area contributed by atoms with Crippen LogP contribution in [0.1, 0.15) is 0 Å². The number of amidine groups is 1. The van der Waals surface area contributed by atoms with Crippen molar-refractivity contribution in [2.75, 3.05) is 20.2 Å². The zero-order valence-corrected chi connectivity index (χ0v) is 8.41. The van der Waals surface area contributed by atoms with Crippen LogP contribution >= 0.6 is 0 Å². The first kappa shape index (κ1) is 12.0. The summed E-state index contributed by atoms with van der Waals surface area (Å²) in [6.07, 6.45) is 0. The van der Waals surface area contributed by atoms with E-state index in [2.05, 4.69) is 10.3 Å². The van der Waals surface area contributed by atoms with Gasteiger partial charge in [-0.3, -0.25) is 30.1 Å². The van der Waals surface area contributed by atoms with Gasteiger partial charge in [-0.2, -0.15) is 0 Å². The van der Waals surface area contributed by atoms with Gasteiger partial charge < -0.3 is 5.11 Å². The number of imide groups is 1. The summed E-state index contributed by atoms with van der Waals surface area (Å²) < 4.78 is 0. The third kappa shape index (κ3) is 2.14. The van der Waals surface area contributed by atoms with Crippen molar-refractivity contribution in [2.24, 2.45) is 4.99 Å². The van der Waals surface area contributed by atoms with E-state index in [1.54, 1.807) is 0 Å². The van der Waals surface area contributed by atoms with Gasteiger partial charge in [0.2, 0.25) is 0 Å². The molecule has 0 aromatic heterocycles. The first-order valence-electron chi connectivity index (χ1n) is 4.36. The smallest absolute Gasteiger partial charge is 0.346 e. The van der Waals surface area contributed by atoms with E-state index < -0.39 is 22.9 Å². The number of amides is 3. The Bertz CT molecular complexity index is 366. The van der Waals surface area contributed by atoms with Crippen LogP contribution in [0.5, 0.6) is 0 Å². The Morgan fingerprint density at radius 1 is 1.62 bits per heavy atom. The average molecular weight is 230 g/mol. The van der Waals surface area contributed by atoms with Crippen molar-refractivity contribution >= 4 is 17.8 Å². The maximum Gasteiger partial charge on any atom is 0.346 e. The Morgan fingerprint density at radius 3 is 2.75 bits per heavy atom. The largest absolute Gasteiger partial charge is 0.394 e. The normalized spacial score (nSPS) is 23.5. The van der Waals surface area contributed by atoms with Crippen molar-refractivity contribution in [2.45, 2.75) is 6.04 Å². The highest BCUT2D eigenvalue weighted by atomic mass is 16.6. The summed E-state index contributed by atoms with van der Waals surface area (Å²) in [6, 6.07) is -2.49. The Morgan fingerprint density at radius 2 is 2.25 bits per heavy atom. The van der Waals surface area contributed by atoms with Crippen LogP contribution in [-0.4, -0.2) is 58.9 Å². The fourth-order valence-corrected chi connectivity index (χ4v) is 1.15. The zero-order valence-electron chi connectivity index (χ0n) is 8.41. The molecule has 1 rings (SSSR count). The van der Waals surface area contributed by atoms with Gasteiger partial charge in [-0.15, -0.1) is 0 Å². The Kier molecular flexibility index (Phi) is 3.51. The second-order valence-electron chi connectivity index (χ2n) is 3.01. The summed E-state index contributed by atoms with van der Waals surface area (Å²) in [5.41, 5.74) is 0. The Balaban J connectivity index is 3.01. The van der Waals surface area contributed by atoms with Crippen LogP contribution in [0.4, 0.5) is 4.79 Å². The number of rotatable bonds is 3. The lowest BCUT2D eigenvalue weighted by molar-refractivity contribution is -0.491. The van der Waals surface area contributed by atoms with E-state index in [0.29, 0.717) is 4.90 Å². The first-order valence-corrected chi connectivity index (χ1v) is 4.36. The van der Waals surface area contributed by atoms with Crippen LogP contribution in [0, 0.1) is 10.1 Å². The molecule has 1 heterocycles. The zero-order chi connectivity index (χ0) is 12.3. The average Bonchev–Trinajstić information content (AvgIpc) is 2.22. The molecule has 3 amide bonds. The predicted molar refractivity (Wildman–Crippen MR) is 51.5 cm³/mol. The minimum Gasteiger partial charge on any atom is -0.394 e. The molecule has 0 radical (unpaired) electrons. The van der Waals surface area contributed by atoms with Gasteiger partial charge in [0, 0.05) is 12.0 Å². The maximum atomic E-state index is 11.4. The van der Waals surface area contributed by atoms with Crippen molar-refractivity contribution in [1.29, 1.82) is 0 Å². The molecule has 1 aliphatic rings. The number of nitrogens with one attached hydrogen (secondary N) is 1. The summed E-state index contributed by atoms with van der Waals surface area (Å²) in [6.45, 7) is -0.440. The number of aliphatic hydroxyl groups is 1. The number of carbonyl (C=O) groups is 2. The van der Waals surface area contributed by atoms with Crippen molar-refractivity contribution in [3.63, 3.8) is 0 Å². The standard InChI is InChI=1S/C7H10N4O5/c1-10-6(13)4(11(15)16)5(8-2-3-12)9-7(10)14/h4,12H,2-3H2,1H3,(H,8,9,14). The topological polar surface area (TPSA) is 125 Å². The van der Waals surface area contributed by atoms with Gasteiger partial charge in [-0.25, -0.2) is 4.79 Å². The lowest BCUT2D eigenvalue weighted by atomic mass is 10.2. The van der Waals surface area contributed by atoms with E-state index in [-0.39, 0.29) is 19.0 Å². The van der Waals surface area contributed by atoms with Crippen LogP contribution in [-0.2, 0) is 4.79 Å². The number of hydrogen-bond acceptors (Lipinski definition) is 6. The van der Waals surface area contributed by atoms with Gasteiger partial charge in [0.1, 0.15) is 0 Å². The molecule has 1 fully saturated rings. The SMILES string of the molecule is CN1C(=O)NC(=NCCO)C([N+](=O)[O-])C1=O. The lowest BCUT2D eigenvalue weighted by Crippen LogP contribution is -2.61. The number of likely N-dealkylation sites (N-methyl/N-ethyl adjacent to an activating group) is 1. The highest BCUT2D eigenvalue weighted by Crippen LogP contribution is 2.05. The number of carbonyl (C=O) groups excluding carboxylic acids is 2. The molecule has 0 saturated carbocycles. The molecule has 1 atom stereocenters. The van der Waals surface area contributed by atoms with Gasteiger partial charge in [0.15, 0.2) is 5.84 Å². The third-order valence-corrected chi connectivity index (χ3v) is 1.96. The predicted octanol–water partition coefficient (Wildman–Crippen LogP) is -1.80. The quantitative estimate of drug-likeness (QED) is 0.437. The summed E-state index contributed by atoms with van der Waals surface area (Å²) in [7, 11) is 1.14. The second kappa shape index (κ2) is 4.66. The monoisotopic (exact) mass is 230 g/mol. The van der Waals surface area contributed by atoms with Gasteiger partial charge >= 0.3 is 18.0 Å². The molecule has 16 heavy (non-hydrogen) atoms. The van der Waals surface area contributed by atoms with Gasteiger partial charge in [0.05, 0.1) is 13.2 Å². The maximum absolute atomic E-state index is 11.4. The van der Waals surface area contributed by atoms with E-state index in [1.165, 1.54) is 0 Å². The first-order chi connectivity index (χ1) is 7.49. The molecule has 1 saturated heterocycles. The molecule has 9 heteroatoms. The van der Waals surface area contributed by atoms with E-state index in [9.17, 15) is 19.7 Å². The molecular formula is C7H10N4O5. The van der Waals surface area contributed by atoms with Crippen molar-refractivity contribution in [3.05, 3.63) is 10.1 Å². The number of aliphatic hydroxyl groups excluding tert-OH is 1. The molecule has 88 valence electrons. The van der Waals surface area contributed by atoms with Crippen LogP contribution in [0.2, 0.25) is 0 Å². The van der Waals surface area contributed by atoms with E-state index in [4.69, 9.17) is 5.11 Å². The molecule has 9 nitrogen and oxygen atoms in total. The van der Waals surface area contributed by atoms with E-state index >= 15 is 0 Å². The molecule has 1 aliphatic heterocycles. The molecule has 0 aromatic rings. The van der Waals surface area contributed by atoms with Gasteiger partial charge in [-0.05, 0) is 0 Å². The molecule has 1 unspecified atom stereocenters. The Labute approximate surface area is 89.9 Å². The minimum atomic E-state index is -1.71. The number of nitrogens with zero attached hydrogens (tertiary/aromatic N) is 3. The van der Waals surface area contributed by atoms with Crippen molar-refractivity contribution in [3.8, 4) is 0 Å². The van der Waals surface area contributed by atoms with Crippen LogP contribution in [0.25, 0.3) is 0 Å². The Hall–Kier alpha value is -2.03. The number of aliphatic imine (C=N–C) groups is 1. The lowest BCUT2D eigenvalue weighted by Gasteiger charge is -2.24. The van der Waals surface area contributed by atoms with E-state index in [0.717, 1.165) is 7.05 Å². The number of hydrogen-bond donors (Lipinski definition) is 2. The summed E-state index contributed by atoms with van der Waals surface area (Å²) in [5.74, 6) is -1.29. The molecule has 2 N–H and O–H groups in total. The van der Waals surface area contributed by atoms with Crippen LogP contribution in [0.3, 0.4) is 0 Å². The van der Waals surface area contributed by atoms with Gasteiger partial charge in [0.25, 0.3) is 0 Å². The van der Waals surface area contributed by atoms with Gasteiger partial charge in [-0.1, -0.05) is 0 Å². The summed E-state index contributed by atoms with van der Waals surface area (Å²) in [4.78, 5) is 36.6. The fraction of sp³-hybridized carbons (Fsp3) is 0.571. The highest BCUT2D eigenvalue weighted by Gasteiger charge is 2.45. The third-order valence-electron chi connectivity index (χ3n) is 1.96. The molecule has 0 bridgehead atoms. The number of nitro groups is 1. The van der Waals surface area contributed by atoms with Crippen LogP contribution < -0.4 is 5.32 Å². The van der Waals surface area contributed by atoms with Crippen molar-refractivity contribution < 1.29 is 19.6 Å². The second-order valence-corrected chi connectivity index (χ2v) is 3.01. The van der Waals surface area contributed by atoms with Crippen molar-refractivity contribution in [1.82, 2.24) is 10.2 Å². The molecular weight excluding hydrogens is 220 g/mol. The molecule has 0 aromatic carbocycles.